The Bertz CT molecular complexity index is 413. The van der Waals surface area contributed by atoms with Gasteiger partial charge >= 0.3 is 0 Å². The molecule has 1 fully saturated rings. The Balaban J connectivity index is 1.71. The third-order valence-corrected chi connectivity index (χ3v) is 4.11. The monoisotopic (exact) mass is 276 g/mol. The van der Waals surface area contributed by atoms with Crippen LogP contribution in [0.2, 0.25) is 0 Å². The predicted octanol–water partition coefficient (Wildman–Crippen LogP) is 2.68. The highest BCUT2D eigenvalue weighted by Gasteiger charge is 2.11. The molecule has 1 atom stereocenters. The van der Waals surface area contributed by atoms with Crippen molar-refractivity contribution in [1.29, 1.82) is 0 Å². The molecular weight excluding hydrogens is 248 g/mol. The van der Waals surface area contributed by atoms with Gasteiger partial charge in [-0.3, -0.25) is 4.90 Å². The lowest BCUT2D eigenvalue weighted by atomic mass is 10.00. The Morgan fingerprint density at radius 3 is 2.75 bits per heavy atom. The van der Waals surface area contributed by atoms with Crippen LogP contribution in [0.15, 0.2) is 18.2 Å². The van der Waals surface area contributed by atoms with Crippen LogP contribution in [0.25, 0.3) is 0 Å². The van der Waals surface area contributed by atoms with E-state index in [0.717, 1.165) is 32.8 Å². The number of nitrogens with one attached hydrogen (secondary N) is 1. The van der Waals surface area contributed by atoms with E-state index >= 15 is 0 Å². The van der Waals surface area contributed by atoms with Gasteiger partial charge in [-0.05, 0) is 51.4 Å². The topological polar surface area (TPSA) is 24.5 Å². The molecule has 3 nitrogen and oxygen atoms in total. The molecule has 1 N–H and O–H groups in total. The van der Waals surface area contributed by atoms with Gasteiger partial charge in [-0.1, -0.05) is 23.8 Å². The average Bonchev–Trinajstić information content (AvgIpc) is 2.47. The molecular formula is C17H28N2O. The van der Waals surface area contributed by atoms with Crippen LogP contribution in [0.4, 0.5) is 0 Å². The molecule has 0 aromatic heterocycles. The van der Waals surface area contributed by atoms with Gasteiger partial charge in [0.05, 0.1) is 13.2 Å². The lowest BCUT2D eigenvalue weighted by molar-refractivity contribution is 0.0374. The molecule has 1 aliphatic heterocycles. The summed E-state index contributed by atoms with van der Waals surface area (Å²) in [5.74, 6) is 0. The van der Waals surface area contributed by atoms with E-state index < -0.39 is 0 Å². The molecule has 112 valence electrons. The van der Waals surface area contributed by atoms with Crippen molar-refractivity contribution in [2.45, 2.75) is 33.2 Å². The molecule has 0 spiro atoms. The van der Waals surface area contributed by atoms with E-state index in [1.165, 1.54) is 29.7 Å². The summed E-state index contributed by atoms with van der Waals surface area (Å²) in [6, 6.07) is 7.13. The Kier molecular flexibility index (Phi) is 6.02. The van der Waals surface area contributed by atoms with Crippen LogP contribution in [0.1, 0.15) is 36.1 Å². The van der Waals surface area contributed by atoms with Gasteiger partial charge in [0.2, 0.25) is 0 Å². The number of ether oxygens (including phenoxy) is 1. The minimum atomic E-state index is 0.430. The SMILES string of the molecule is Cc1ccc(C)c(C(C)NCCCN2CCOCC2)c1. The summed E-state index contributed by atoms with van der Waals surface area (Å²) in [7, 11) is 0. The van der Waals surface area contributed by atoms with Crippen molar-refractivity contribution >= 4 is 0 Å². The van der Waals surface area contributed by atoms with E-state index in [1.807, 2.05) is 0 Å². The van der Waals surface area contributed by atoms with Crippen LogP contribution in [-0.2, 0) is 4.74 Å². The van der Waals surface area contributed by atoms with Crippen LogP contribution in [0.5, 0.6) is 0 Å². The van der Waals surface area contributed by atoms with Crippen molar-refractivity contribution in [1.82, 2.24) is 10.2 Å². The van der Waals surface area contributed by atoms with Crippen LogP contribution in [0.3, 0.4) is 0 Å². The molecule has 1 heterocycles. The average molecular weight is 276 g/mol. The predicted molar refractivity (Wildman–Crippen MR) is 84.2 cm³/mol. The fourth-order valence-corrected chi connectivity index (χ4v) is 2.78. The van der Waals surface area contributed by atoms with Crippen molar-refractivity contribution in [3.05, 3.63) is 34.9 Å². The lowest BCUT2D eigenvalue weighted by Gasteiger charge is -2.26. The molecule has 20 heavy (non-hydrogen) atoms. The first-order valence-electron chi connectivity index (χ1n) is 7.77. The molecule has 0 aliphatic carbocycles. The molecule has 0 radical (unpaired) electrons. The third kappa shape index (κ3) is 4.58. The van der Waals surface area contributed by atoms with Gasteiger partial charge in [-0.15, -0.1) is 0 Å². The Morgan fingerprint density at radius 1 is 1.25 bits per heavy atom. The van der Waals surface area contributed by atoms with Crippen molar-refractivity contribution in [2.24, 2.45) is 0 Å². The van der Waals surface area contributed by atoms with Gasteiger partial charge in [0.15, 0.2) is 0 Å². The van der Waals surface area contributed by atoms with Crippen molar-refractivity contribution in [3.8, 4) is 0 Å². The lowest BCUT2D eigenvalue weighted by Crippen LogP contribution is -2.37. The number of morpholine rings is 1. The quantitative estimate of drug-likeness (QED) is 0.809. The Morgan fingerprint density at radius 2 is 2.00 bits per heavy atom. The van der Waals surface area contributed by atoms with Gasteiger partial charge in [0.1, 0.15) is 0 Å². The fraction of sp³-hybridized carbons (Fsp3) is 0.647. The molecule has 0 saturated carbocycles. The van der Waals surface area contributed by atoms with Crippen LogP contribution < -0.4 is 5.32 Å². The summed E-state index contributed by atoms with van der Waals surface area (Å²) >= 11 is 0. The first-order chi connectivity index (χ1) is 9.66. The maximum atomic E-state index is 5.37. The number of hydrogen-bond acceptors (Lipinski definition) is 3. The number of aryl methyl sites for hydroxylation is 2. The molecule has 1 aromatic rings. The summed E-state index contributed by atoms with van der Waals surface area (Å²) in [5.41, 5.74) is 4.15. The molecule has 2 rings (SSSR count). The summed E-state index contributed by atoms with van der Waals surface area (Å²) in [4.78, 5) is 2.49. The third-order valence-electron chi connectivity index (χ3n) is 4.11. The minimum absolute atomic E-state index is 0.430. The van der Waals surface area contributed by atoms with E-state index in [0.29, 0.717) is 6.04 Å². The zero-order valence-electron chi connectivity index (χ0n) is 13.1. The second kappa shape index (κ2) is 7.77. The van der Waals surface area contributed by atoms with Crippen molar-refractivity contribution in [3.63, 3.8) is 0 Å². The number of benzene rings is 1. The summed E-state index contributed by atoms with van der Waals surface area (Å²) in [5, 5.41) is 3.65. The zero-order valence-corrected chi connectivity index (χ0v) is 13.1. The van der Waals surface area contributed by atoms with Crippen LogP contribution in [0, 0.1) is 13.8 Å². The molecule has 0 bridgehead atoms. The van der Waals surface area contributed by atoms with Gasteiger partial charge in [0, 0.05) is 19.1 Å². The highest BCUT2D eigenvalue weighted by Crippen LogP contribution is 2.18. The largest absolute Gasteiger partial charge is 0.379 e. The van der Waals surface area contributed by atoms with Gasteiger partial charge in [0.25, 0.3) is 0 Å². The Labute approximate surface area is 123 Å². The van der Waals surface area contributed by atoms with Gasteiger partial charge in [-0.25, -0.2) is 0 Å². The van der Waals surface area contributed by atoms with E-state index in [9.17, 15) is 0 Å². The minimum Gasteiger partial charge on any atom is -0.379 e. The number of nitrogens with zero attached hydrogens (tertiary/aromatic N) is 1. The number of rotatable bonds is 6. The summed E-state index contributed by atoms with van der Waals surface area (Å²) < 4.78 is 5.37. The van der Waals surface area contributed by atoms with E-state index in [2.05, 4.69) is 49.2 Å². The molecule has 0 amide bonds. The molecule has 1 aliphatic rings. The normalized spacial score (nSPS) is 18.1. The van der Waals surface area contributed by atoms with Gasteiger partial charge < -0.3 is 10.1 Å². The Hall–Kier alpha value is -0.900. The van der Waals surface area contributed by atoms with E-state index in [1.54, 1.807) is 0 Å². The standard InChI is InChI=1S/C17H28N2O/c1-14-5-6-15(2)17(13-14)16(3)18-7-4-8-19-9-11-20-12-10-19/h5-6,13,16,18H,4,7-12H2,1-3H3. The van der Waals surface area contributed by atoms with Crippen molar-refractivity contribution < 1.29 is 4.74 Å². The van der Waals surface area contributed by atoms with Gasteiger partial charge in [-0.2, -0.15) is 0 Å². The van der Waals surface area contributed by atoms with Crippen LogP contribution >= 0.6 is 0 Å². The second-order valence-electron chi connectivity index (χ2n) is 5.84. The van der Waals surface area contributed by atoms with Crippen molar-refractivity contribution in [2.75, 3.05) is 39.4 Å². The summed E-state index contributed by atoms with van der Waals surface area (Å²) in [6.07, 6.45) is 1.20. The highest BCUT2D eigenvalue weighted by atomic mass is 16.5. The van der Waals surface area contributed by atoms with E-state index in [4.69, 9.17) is 4.74 Å². The van der Waals surface area contributed by atoms with E-state index in [-0.39, 0.29) is 0 Å². The maximum Gasteiger partial charge on any atom is 0.0594 e. The smallest absolute Gasteiger partial charge is 0.0594 e. The summed E-state index contributed by atoms with van der Waals surface area (Å²) in [6.45, 7) is 12.8. The zero-order chi connectivity index (χ0) is 14.4. The van der Waals surface area contributed by atoms with Crippen LogP contribution in [-0.4, -0.2) is 44.3 Å². The highest BCUT2D eigenvalue weighted by molar-refractivity contribution is 5.32. The molecule has 3 heteroatoms. The first kappa shape index (κ1) is 15.5. The molecule has 1 saturated heterocycles. The molecule has 1 unspecified atom stereocenters. The second-order valence-corrected chi connectivity index (χ2v) is 5.84. The maximum absolute atomic E-state index is 5.37. The molecule has 1 aromatic carbocycles. The first-order valence-corrected chi connectivity index (χ1v) is 7.77. The fourth-order valence-electron chi connectivity index (χ4n) is 2.78. The number of hydrogen-bond donors (Lipinski definition) is 1.